The van der Waals surface area contributed by atoms with E-state index in [2.05, 4.69) is 0 Å². The lowest BCUT2D eigenvalue weighted by atomic mass is 10.2. The minimum absolute atomic E-state index is 0.121. The lowest BCUT2D eigenvalue weighted by Crippen LogP contribution is -1.88. The molecular formula is C10H14OS. The van der Waals surface area contributed by atoms with Gasteiger partial charge in [0.15, 0.2) is 5.78 Å². The molecule has 0 bridgehead atoms. The summed E-state index contributed by atoms with van der Waals surface area (Å²) in [6.07, 6.45) is 4.08. The molecule has 2 heteroatoms. The zero-order valence-corrected chi connectivity index (χ0v) is 8.52. The molecule has 0 saturated heterocycles. The van der Waals surface area contributed by atoms with Gasteiger partial charge in [0.05, 0.1) is 0 Å². The van der Waals surface area contributed by atoms with E-state index in [0.717, 1.165) is 5.56 Å². The van der Waals surface area contributed by atoms with E-state index in [-0.39, 0.29) is 5.78 Å². The second-order valence-corrected chi connectivity index (χ2v) is 3.15. The van der Waals surface area contributed by atoms with Crippen molar-refractivity contribution < 1.29 is 4.79 Å². The lowest BCUT2D eigenvalue weighted by Gasteiger charge is -1.89. The Morgan fingerprint density at radius 2 is 1.58 bits per heavy atom. The van der Waals surface area contributed by atoms with E-state index in [9.17, 15) is 4.79 Å². The summed E-state index contributed by atoms with van der Waals surface area (Å²) >= 11 is 1.75. The van der Waals surface area contributed by atoms with Crippen molar-refractivity contribution >= 4 is 17.5 Å². The molecule has 0 atom stereocenters. The van der Waals surface area contributed by atoms with Crippen molar-refractivity contribution in [2.24, 2.45) is 0 Å². The summed E-state index contributed by atoms with van der Waals surface area (Å²) in [5, 5.41) is 0. The largest absolute Gasteiger partial charge is 0.295 e. The van der Waals surface area contributed by atoms with Crippen LogP contribution in [-0.4, -0.2) is 18.3 Å². The molecule has 0 unspecified atom stereocenters. The maximum Gasteiger partial charge on any atom is 0.159 e. The van der Waals surface area contributed by atoms with Crippen LogP contribution in [0.5, 0.6) is 0 Å². The topological polar surface area (TPSA) is 17.1 Å². The Balaban J connectivity index is 0.000000354. The zero-order valence-electron chi connectivity index (χ0n) is 7.70. The van der Waals surface area contributed by atoms with Gasteiger partial charge in [0.25, 0.3) is 0 Å². The molecule has 0 aliphatic heterocycles. The SMILES string of the molecule is CC(=O)c1ccccc1.CSC. The van der Waals surface area contributed by atoms with Crippen LogP contribution in [0.2, 0.25) is 0 Å². The number of hydrogen-bond acceptors (Lipinski definition) is 2. The molecule has 0 saturated carbocycles. The van der Waals surface area contributed by atoms with Crippen molar-refractivity contribution in [2.75, 3.05) is 12.5 Å². The number of carbonyl (C=O) groups is 1. The van der Waals surface area contributed by atoms with E-state index in [1.165, 1.54) is 0 Å². The molecule has 0 amide bonds. The summed E-state index contributed by atoms with van der Waals surface area (Å²) in [6, 6.07) is 9.23. The van der Waals surface area contributed by atoms with E-state index < -0.39 is 0 Å². The van der Waals surface area contributed by atoms with Crippen LogP contribution in [0.3, 0.4) is 0 Å². The third kappa shape index (κ3) is 4.97. The molecule has 0 fully saturated rings. The summed E-state index contributed by atoms with van der Waals surface area (Å²) in [6.45, 7) is 1.56. The summed E-state index contributed by atoms with van der Waals surface area (Å²) < 4.78 is 0. The Kier molecular flexibility index (Phi) is 6.48. The van der Waals surface area contributed by atoms with Crippen LogP contribution in [0.25, 0.3) is 0 Å². The maximum absolute atomic E-state index is 10.6. The van der Waals surface area contributed by atoms with Gasteiger partial charge >= 0.3 is 0 Å². The smallest absolute Gasteiger partial charge is 0.159 e. The molecule has 66 valence electrons. The van der Waals surface area contributed by atoms with Gasteiger partial charge in [-0.3, -0.25) is 4.79 Å². The highest BCUT2D eigenvalue weighted by atomic mass is 32.2. The lowest BCUT2D eigenvalue weighted by molar-refractivity contribution is 0.101. The highest BCUT2D eigenvalue weighted by Crippen LogP contribution is 1.97. The standard InChI is InChI=1S/C8H8O.C2H6S/c1-7(9)8-5-3-2-4-6-8;1-3-2/h2-6H,1H3;1-2H3. The molecule has 0 aliphatic rings. The number of Topliss-reactive ketones (excluding diaryl/α,β-unsaturated/α-hetero) is 1. The molecule has 1 aromatic carbocycles. The van der Waals surface area contributed by atoms with E-state index in [0.29, 0.717) is 0 Å². The van der Waals surface area contributed by atoms with Crippen molar-refractivity contribution in [3.63, 3.8) is 0 Å². The van der Waals surface area contributed by atoms with Gasteiger partial charge in [-0.1, -0.05) is 30.3 Å². The molecule has 0 N–H and O–H groups in total. The molecule has 12 heavy (non-hydrogen) atoms. The van der Waals surface area contributed by atoms with E-state index >= 15 is 0 Å². The van der Waals surface area contributed by atoms with Crippen molar-refractivity contribution in [3.05, 3.63) is 35.9 Å². The predicted molar refractivity (Wildman–Crippen MR) is 55.9 cm³/mol. The highest BCUT2D eigenvalue weighted by molar-refractivity contribution is 7.97. The molecule has 0 heterocycles. The third-order valence-electron chi connectivity index (χ3n) is 1.18. The van der Waals surface area contributed by atoms with Gasteiger partial charge in [0.2, 0.25) is 0 Å². The minimum atomic E-state index is 0.121. The van der Waals surface area contributed by atoms with Gasteiger partial charge in [-0.2, -0.15) is 11.8 Å². The first-order valence-electron chi connectivity index (χ1n) is 3.68. The van der Waals surface area contributed by atoms with Gasteiger partial charge < -0.3 is 0 Å². The molecule has 0 radical (unpaired) electrons. The second-order valence-electron chi connectivity index (χ2n) is 2.33. The Labute approximate surface area is 78.2 Å². The van der Waals surface area contributed by atoms with Crippen LogP contribution in [0.15, 0.2) is 30.3 Å². The van der Waals surface area contributed by atoms with E-state index in [1.54, 1.807) is 18.7 Å². The molecule has 1 rings (SSSR count). The maximum atomic E-state index is 10.6. The number of ketones is 1. The summed E-state index contributed by atoms with van der Waals surface area (Å²) in [7, 11) is 0. The first-order valence-corrected chi connectivity index (χ1v) is 5.31. The second kappa shape index (κ2) is 6.92. The number of hydrogen-bond donors (Lipinski definition) is 0. The van der Waals surface area contributed by atoms with Crippen LogP contribution < -0.4 is 0 Å². The molecule has 1 aromatic rings. The number of thioether (sulfide) groups is 1. The fourth-order valence-electron chi connectivity index (χ4n) is 0.673. The summed E-state index contributed by atoms with van der Waals surface area (Å²) in [4.78, 5) is 10.6. The quantitative estimate of drug-likeness (QED) is 0.621. The molecule has 0 spiro atoms. The number of benzene rings is 1. The first-order chi connectivity index (χ1) is 5.72. The Morgan fingerprint density at radius 3 is 1.83 bits per heavy atom. The Morgan fingerprint density at radius 1 is 1.17 bits per heavy atom. The predicted octanol–water partition coefficient (Wildman–Crippen LogP) is 2.87. The molecule has 0 aromatic heterocycles. The van der Waals surface area contributed by atoms with E-state index in [1.807, 2.05) is 42.8 Å². The monoisotopic (exact) mass is 182 g/mol. The van der Waals surface area contributed by atoms with Gasteiger partial charge in [-0.15, -0.1) is 0 Å². The van der Waals surface area contributed by atoms with Gasteiger partial charge in [0.1, 0.15) is 0 Å². The van der Waals surface area contributed by atoms with Crippen molar-refractivity contribution in [3.8, 4) is 0 Å². The fourth-order valence-corrected chi connectivity index (χ4v) is 0.673. The fraction of sp³-hybridized carbons (Fsp3) is 0.300. The average Bonchev–Trinajstić information content (AvgIpc) is 2.07. The Hall–Kier alpha value is -0.760. The van der Waals surface area contributed by atoms with Crippen LogP contribution >= 0.6 is 11.8 Å². The first kappa shape index (κ1) is 11.2. The van der Waals surface area contributed by atoms with Gasteiger partial charge in [-0.25, -0.2) is 0 Å². The van der Waals surface area contributed by atoms with Crippen molar-refractivity contribution in [2.45, 2.75) is 6.92 Å². The Bertz CT molecular complexity index is 219. The third-order valence-corrected chi connectivity index (χ3v) is 1.18. The van der Waals surface area contributed by atoms with Crippen LogP contribution in [0, 0.1) is 0 Å². The molecule has 0 aliphatic carbocycles. The average molecular weight is 182 g/mol. The normalized spacial score (nSPS) is 8.25. The van der Waals surface area contributed by atoms with Gasteiger partial charge in [-0.05, 0) is 19.4 Å². The van der Waals surface area contributed by atoms with Crippen LogP contribution in [-0.2, 0) is 0 Å². The van der Waals surface area contributed by atoms with Crippen LogP contribution in [0.1, 0.15) is 17.3 Å². The number of rotatable bonds is 1. The minimum Gasteiger partial charge on any atom is -0.295 e. The van der Waals surface area contributed by atoms with E-state index in [4.69, 9.17) is 0 Å². The molecular weight excluding hydrogens is 168 g/mol. The highest BCUT2D eigenvalue weighted by Gasteiger charge is 1.92. The number of carbonyl (C=O) groups excluding carboxylic acids is 1. The summed E-state index contributed by atoms with van der Waals surface area (Å²) in [5.74, 6) is 0.121. The molecule has 1 nitrogen and oxygen atoms in total. The summed E-state index contributed by atoms with van der Waals surface area (Å²) in [5.41, 5.74) is 0.775. The van der Waals surface area contributed by atoms with Crippen molar-refractivity contribution in [1.82, 2.24) is 0 Å². The van der Waals surface area contributed by atoms with Crippen molar-refractivity contribution in [1.29, 1.82) is 0 Å². The van der Waals surface area contributed by atoms with Gasteiger partial charge in [0, 0.05) is 5.56 Å². The van der Waals surface area contributed by atoms with Crippen LogP contribution in [0.4, 0.5) is 0 Å². The zero-order chi connectivity index (χ0) is 9.40.